The maximum atomic E-state index is 12.6. The first-order valence-corrected chi connectivity index (χ1v) is 8.30. The second-order valence-electron chi connectivity index (χ2n) is 6.22. The summed E-state index contributed by atoms with van der Waals surface area (Å²) in [5, 5.41) is 6.49. The highest BCUT2D eigenvalue weighted by atomic mass is 16.2. The summed E-state index contributed by atoms with van der Waals surface area (Å²) in [6.07, 6.45) is 2.58. The number of amides is 1. The Morgan fingerprint density at radius 1 is 1.17 bits per heavy atom. The fraction of sp³-hybridized carbons (Fsp3) is 0.263. The molecule has 1 saturated heterocycles. The maximum absolute atomic E-state index is 12.6. The molecule has 3 N–H and O–H groups in total. The van der Waals surface area contributed by atoms with Crippen LogP contribution in [0.4, 0.5) is 0 Å². The quantitative estimate of drug-likeness (QED) is 0.691. The normalized spacial score (nSPS) is 18.6. The molecule has 0 radical (unpaired) electrons. The van der Waals surface area contributed by atoms with E-state index in [-0.39, 0.29) is 17.9 Å². The van der Waals surface area contributed by atoms with E-state index in [1.54, 1.807) is 6.33 Å². The number of fused-ring (bicyclic) bond motifs is 1. The molecule has 1 fully saturated rings. The monoisotopic (exact) mass is 320 g/mol. The van der Waals surface area contributed by atoms with Gasteiger partial charge in [-0.1, -0.05) is 36.4 Å². The number of nitrogens with one attached hydrogen (secondary N) is 3. The summed E-state index contributed by atoms with van der Waals surface area (Å²) < 4.78 is 0. The molecule has 24 heavy (non-hydrogen) atoms. The first-order chi connectivity index (χ1) is 11.8. The minimum absolute atomic E-state index is 0.0482. The molecule has 1 aliphatic rings. The van der Waals surface area contributed by atoms with Gasteiger partial charge >= 0.3 is 0 Å². The van der Waals surface area contributed by atoms with Gasteiger partial charge in [0.05, 0.1) is 29.3 Å². The van der Waals surface area contributed by atoms with E-state index >= 15 is 0 Å². The molecule has 2 aromatic carbocycles. The zero-order chi connectivity index (χ0) is 16.4. The van der Waals surface area contributed by atoms with Crippen LogP contribution in [0.15, 0.2) is 54.9 Å². The summed E-state index contributed by atoms with van der Waals surface area (Å²) in [7, 11) is 0. The number of aromatic nitrogens is 2. The van der Waals surface area contributed by atoms with E-state index < -0.39 is 0 Å². The van der Waals surface area contributed by atoms with E-state index in [0.717, 1.165) is 41.7 Å². The molecular weight excluding hydrogens is 300 g/mol. The van der Waals surface area contributed by atoms with Gasteiger partial charge in [0, 0.05) is 6.54 Å². The highest BCUT2D eigenvalue weighted by Crippen LogP contribution is 2.25. The average Bonchev–Trinajstić information content (AvgIpc) is 3.31. The highest BCUT2D eigenvalue weighted by Gasteiger charge is 2.26. The number of nitrogens with zero attached hydrogens (tertiary/aromatic N) is 1. The van der Waals surface area contributed by atoms with Crippen LogP contribution in [0.2, 0.25) is 0 Å². The van der Waals surface area contributed by atoms with Crippen LogP contribution in [0.5, 0.6) is 0 Å². The number of benzene rings is 2. The Morgan fingerprint density at radius 3 is 2.83 bits per heavy atom. The summed E-state index contributed by atoms with van der Waals surface area (Å²) >= 11 is 0. The molecule has 0 aliphatic carbocycles. The molecule has 4 rings (SSSR count). The van der Waals surface area contributed by atoms with Gasteiger partial charge in [-0.2, -0.15) is 0 Å². The molecule has 1 aromatic heterocycles. The van der Waals surface area contributed by atoms with Crippen LogP contribution in [-0.4, -0.2) is 29.0 Å². The molecule has 0 bridgehead atoms. The molecule has 0 spiro atoms. The van der Waals surface area contributed by atoms with Crippen LogP contribution in [0.25, 0.3) is 11.0 Å². The van der Waals surface area contributed by atoms with Crippen molar-refractivity contribution in [2.45, 2.75) is 12.5 Å². The number of rotatable bonds is 4. The lowest BCUT2D eigenvalue weighted by Gasteiger charge is -2.22. The number of hydrogen-bond donors (Lipinski definition) is 3. The van der Waals surface area contributed by atoms with Gasteiger partial charge in [-0.05, 0) is 36.2 Å². The van der Waals surface area contributed by atoms with Crippen molar-refractivity contribution in [1.82, 2.24) is 20.6 Å². The third kappa shape index (κ3) is 2.90. The molecule has 122 valence electrons. The SMILES string of the molecule is O=C(NC(c1ccccc1)c1ccc2nc[nH]c2c1)C1CCNC1. The van der Waals surface area contributed by atoms with Crippen LogP contribution in [0, 0.1) is 5.92 Å². The van der Waals surface area contributed by atoms with Gasteiger partial charge in [-0.25, -0.2) is 4.98 Å². The number of aromatic amines is 1. The van der Waals surface area contributed by atoms with Gasteiger partial charge in [-0.3, -0.25) is 4.79 Å². The van der Waals surface area contributed by atoms with Crippen molar-refractivity contribution in [2.24, 2.45) is 5.92 Å². The van der Waals surface area contributed by atoms with E-state index in [1.165, 1.54) is 0 Å². The predicted molar refractivity (Wildman–Crippen MR) is 93.5 cm³/mol. The van der Waals surface area contributed by atoms with Gasteiger partial charge in [0.15, 0.2) is 0 Å². The lowest BCUT2D eigenvalue weighted by molar-refractivity contribution is -0.124. The van der Waals surface area contributed by atoms with Crippen molar-refractivity contribution in [2.75, 3.05) is 13.1 Å². The molecule has 1 amide bonds. The summed E-state index contributed by atoms with van der Waals surface area (Å²) in [6, 6.07) is 16.0. The molecule has 2 atom stereocenters. The Morgan fingerprint density at radius 2 is 2.04 bits per heavy atom. The molecule has 5 heteroatoms. The largest absolute Gasteiger partial charge is 0.345 e. The number of carbonyl (C=O) groups excluding carboxylic acids is 1. The van der Waals surface area contributed by atoms with Crippen LogP contribution in [0.1, 0.15) is 23.6 Å². The van der Waals surface area contributed by atoms with Gasteiger partial charge in [-0.15, -0.1) is 0 Å². The van der Waals surface area contributed by atoms with E-state index in [0.29, 0.717) is 0 Å². The molecule has 2 unspecified atom stereocenters. The third-order valence-corrected chi connectivity index (χ3v) is 4.63. The van der Waals surface area contributed by atoms with Crippen LogP contribution in [-0.2, 0) is 4.79 Å². The fourth-order valence-corrected chi connectivity index (χ4v) is 3.28. The summed E-state index contributed by atoms with van der Waals surface area (Å²) in [5.41, 5.74) is 4.04. The third-order valence-electron chi connectivity index (χ3n) is 4.63. The van der Waals surface area contributed by atoms with E-state index in [1.807, 2.05) is 30.3 Å². The first kappa shape index (κ1) is 14.9. The van der Waals surface area contributed by atoms with Crippen LogP contribution < -0.4 is 10.6 Å². The van der Waals surface area contributed by atoms with Crippen molar-refractivity contribution >= 4 is 16.9 Å². The van der Waals surface area contributed by atoms with Crippen LogP contribution in [0.3, 0.4) is 0 Å². The number of hydrogen-bond acceptors (Lipinski definition) is 3. The van der Waals surface area contributed by atoms with Crippen molar-refractivity contribution < 1.29 is 4.79 Å². The molecule has 2 heterocycles. The number of carbonyl (C=O) groups is 1. The fourth-order valence-electron chi connectivity index (χ4n) is 3.28. The predicted octanol–water partition coefficient (Wildman–Crippen LogP) is 2.38. The minimum Gasteiger partial charge on any atom is -0.345 e. The first-order valence-electron chi connectivity index (χ1n) is 8.30. The molecule has 5 nitrogen and oxygen atoms in total. The van der Waals surface area contributed by atoms with Crippen molar-refractivity contribution in [1.29, 1.82) is 0 Å². The minimum atomic E-state index is -0.160. The topological polar surface area (TPSA) is 69.8 Å². The van der Waals surface area contributed by atoms with Gasteiger partial charge < -0.3 is 15.6 Å². The van der Waals surface area contributed by atoms with Gasteiger partial charge in [0.25, 0.3) is 0 Å². The standard InChI is InChI=1S/C19H20N4O/c24-19(15-8-9-20-11-15)23-18(13-4-2-1-3-5-13)14-6-7-16-17(10-14)22-12-21-16/h1-7,10,12,15,18,20H,8-9,11H2,(H,21,22)(H,23,24). The average molecular weight is 320 g/mol. The number of H-pyrrole nitrogens is 1. The van der Waals surface area contributed by atoms with E-state index in [9.17, 15) is 4.79 Å². The maximum Gasteiger partial charge on any atom is 0.225 e. The van der Waals surface area contributed by atoms with Crippen LogP contribution >= 0.6 is 0 Å². The van der Waals surface area contributed by atoms with Gasteiger partial charge in [0.2, 0.25) is 5.91 Å². The summed E-state index contributed by atoms with van der Waals surface area (Å²) in [5.74, 6) is 0.158. The number of imidazole rings is 1. The van der Waals surface area contributed by atoms with Crippen molar-refractivity contribution in [3.05, 3.63) is 66.0 Å². The van der Waals surface area contributed by atoms with E-state index in [4.69, 9.17) is 0 Å². The zero-order valence-electron chi connectivity index (χ0n) is 13.3. The molecule has 0 saturated carbocycles. The molecule has 1 aliphatic heterocycles. The molecule has 3 aromatic rings. The Bertz CT molecular complexity index is 837. The lowest BCUT2D eigenvalue weighted by Crippen LogP contribution is -2.35. The lowest BCUT2D eigenvalue weighted by atomic mass is 9.97. The van der Waals surface area contributed by atoms with Crippen molar-refractivity contribution in [3.63, 3.8) is 0 Å². The van der Waals surface area contributed by atoms with Crippen molar-refractivity contribution in [3.8, 4) is 0 Å². The Balaban J connectivity index is 1.68. The second-order valence-corrected chi connectivity index (χ2v) is 6.22. The van der Waals surface area contributed by atoms with Gasteiger partial charge in [0.1, 0.15) is 0 Å². The Kier molecular flexibility index (Phi) is 4.01. The van der Waals surface area contributed by atoms with E-state index in [2.05, 4.69) is 38.8 Å². The summed E-state index contributed by atoms with van der Waals surface area (Å²) in [4.78, 5) is 20.1. The highest BCUT2D eigenvalue weighted by molar-refractivity contribution is 5.81. The zero-order valence-corrected chi connectivity index (χ0v) is 13.3. The summed E-state index contributed by atoms with van der Waals surface area (Å²) in [6.45, 7) is 1.67. The Labute approximate surface area is 140 Å². The molecular formula is C19H20N4O. The smallest absolute Gasteiger partial charge is 0.225 e. The Hall–Kier alpha value is -2.66. The second kappa shape index (κ2) is 6.45.